The average molecular weight is 311 g/mol. The van der Waals surface area contributed by atoms with Crippen molar-refractivity contribution in [1.82, 2.24) is 5.32 Å². The third-order valence-electron chi connectivity index (χ3n) is 3.65. The van der Waals surface area contributed by atoms with Crippen LogP contribution in [-0.4, -0.2) is 46.5 Å². The lowest BCUT2D eigenvalue weighted by Crippen LogP contribution is -2.30. The lowest BCUT2D eigenvalue weighted by atomic mass is 10.1. The highest BCUT2D eigenvalue weighted by molar-refractivity contribution is 7.91. The Bertz CT molecular complexity index is 641. The Balaban J connectivity index is 1.96. The van der Waals surface area contributed by atoms with Crippen molar-refractivity contribution in [3.63, 3.8) is 0 Å². The summed E-state index contributed by atoms with van der Waals surface area (Å²) in [6.45, 7) is 0.382. The van der Waals surface area contributed by atoms with Gasteiger partial charge in [-0.3, -0.25) is 4.79 Å². The number of hydrogen-bond acceptors (Lipinski definition) is 5. The molecular formula is C14H21N3O3S. The van der Waals surface area contributed by atoms with Gasteiger partial charge in [0.05, 0.1) is 22.9 Å². The van der Waals surface area contributed by atoms with Gasteiger partial charge in [0, 0.05) is 26.2 Å². The van der Waals surface area contributed by atoms with E-state index in [0.29, 0.717) is 24.2 Å². The van der Waals surface area contributed by atoms with Crippen LogP contribution in [0.25, 0.3) is 0 Å². The number of nitrogens with one attached hydrogen (secondary N) is 1. The molecule has 1 unspecified atom stereocenters. The molecule has 1 heterocycles. The third-order valence-corrected chi connectivity index (χ3v) is 5.49. The predicted octanol–water partition coefficient (Wildman–Crippen LogP) is 0.499. The molecule has 116 valence electrons. The summed E-state index contributed by atoms with van der Waals surface area (Å²) >= 11 is 0. The first kappa shape index (κ1) is 15.6. The van der Waals surface area contributed by atoms with E-state index in [1.54, 1.807) is 18.2 Å². The van der Waals surface area contributed by atoms with Gasteiger partial charge < -0.3 is 16.0 Å². The zero-order valence-corrected chi connectivity index (χ0v) is 13.1. The van der Waals surface area contributed by atoms with Crippen LogP contribution in [0.15, 0.2) is 18.2 Å². The molecule has 3 N–H and O–H groups in total. The summed E-state index contributed by atoms with van der Waals surface area (Å²) in [5.74, 6) is 0.168. The number of hydrogen-bond donors (Lipinski definition) is 2. The molecule has 1 fully saturated rings. The van der Waals surface area contributed by atoms with Crippen LogP contribution in [0.1, 0.15) is 16.8 Å². The van der Waals surface area contributed by atoms with Gasteiger partial charge in [-0.15, -0.1) is 0 Å². The molecular weight excluding hydrogens is 290 g/mol. The highest BCUT2D eigenvalue weighted by Crippen LogP contribution is 2.22. The van der Waals surface area contributed by atoms with E-state index in [4.69, 9.17) is 5.73 Å². The molecule has 1 aromatic rings. The molecule has 1 atom stereocenters. The van der Waals surface area contributed by atoms with Crippen LogP contribution in [0.5, 0.6) is 0 Å². The van der Waals surface area contributed by atoms with Crippen molar-refractivity contribution in [2.45, 2.75) is 6.42 Å². The first-order valence-electron chi connectivity index (χ1n) is 6.84. The Morgan fingerprint density at radius 1 is 1.43 bits per heavy atom. The Labute approximate surface area is 125 Å². The van der Waals surface area contributed by atoms with E-state index in [1.807, 2.05) is 19.0 Å². The van der Waals surface area contributed by atoms with Crippen LogP contribution in [0.4, 0.5) is 11.4 Å². The van der Waals surface area contributed by atoms with Crippen molar-refractivity contribution in [1.29, 1.82) is 0 Å². The SMILES string of the molecule is CN(C)c1ccc(C(=O)NCC2CCS(=O)(=O)C2)cc1N. The minimum Gasteiger partial charge on any atom is -0.397 e. The Hall–Kier alpha value is -1.76. The molecule has 1 aromatic carbocycles. The number of benzene rings is 1. The predicted molar refractivity (Wildman–Crippen MR) is 84.3 cm³/mol. The lowest BCUT2D eigenvalue weighted by molar-refractivity contribution is 0.0948. The Morgan fingerprint density at radius 3 is 2.67 bits per heavy atom. The highest BCUT2D eigenvalue weighted by Gasteiger charge is 2.28. The number of amides is 1. The van der Waals surface area contributed by atoms with Crippen LogP contribution in [-0.2, 0) is 9.84 Å². The second-order valence-corrected chi connectivity index (χ2v) is 7.88. The summed E-state index contributed by atoms with van der Waals surface area (Å²) in [4.78, 5) is 13.9. The van der Waals surface area contributed by atoms with E-state index in [-0.39, 0.29) is 23.3 Å². The molecule has 7 heteroatoms. The van der Waals surface area contributed by atoms with Gasteiger partial charge in [0.1, 0.15) is 0 Å². The summed E-state index contributed by atoms with van der Waals surface area (Å²) in [5, 5.41) is 2.78. The molecule has 1 saturated heterocycles. The molecule has 0 aromatic heterocycles. The molecule has 0 bridgehead atoms. The number of nitrogens with zero attached hydrogens (tertiary/aromatic N) is 1. The van der Waals surface area contributed by atoms with E-state index in [2.05, 4.69) is 5.32 Å². The first-order chi connectivity index (χ1) is 9.78. The van der Waals surface area contributed by atoms with Gasteiger partial charge in [-0.2, -0.15) is 0 Å². The number of carbonyl (C=O) groups is 1. The van der Waals surface area contributed by atoms with Gasteiger partial charge in [0.25, 0.3) is 5.91 Å². The number of sulfone groups is 1. The largest absolute Gasteiger partial charge is 0.397 e. The van der Waals surface area contributed by atoms with Crippen LogP contribution in [0.3, 0.4) is 0 Å². The van der Waals surface area contributed by atoms with Crippen molar-refractivity contribution >= 4 is 27.1 Å². The standard InChI is InChI=1S/C14H21N3O3S/c1-17(2)13-4-3-11(7-12(13)15)14(18)16-8-10-5-6-21(19,20)9-10/h3-4,7,10H,5-6,8-9,15H2,1-2H3,(H,16,18). The first-order valence-corrected chi connectivity index (χ1v) is 8.66. The minimum atomic E-state index is -2.91. The van der Waals surface area contributed by atoms with Crippen molar-refractivity contribution < 1.29 is 13.2 Å². The zero-order chi connectivity index (χ0) is 15.6. The van der Waals surface area contributed by atoms with Gasteiger partial charge in [0.15, 0.2) is 9.84 Å². The molecule has 6 nitrogen and oxygen atoms in total. The lowest BCUT2D eigenvalue weighted by Gasteiger charge is -2.16. The third kappa shape index (κ3) is 3.87. The number of anilines is 2. The van der Waals surface area contributed by atoms with Gasteiger partial charge >= 0.3 is 0 Å². The van der Waals surface area contributed by atoms with Crippen LogP contribution >= 0.6 is 0 Å². The van der Waals surface area contributed by atoms with E-state index < -0.39 is 9.84 Å². The molecule has 0 aliphatic carbocycles. The fourth-order valence-electron chi connectivity index (χ4n) is 2.48. The molecule has 1 aliphatic heterocycles. The van der Waals surface area contributed by atoms with Crippen LogP contribution < -0.4 is 16.0 Å². The molecule has 2 rings (SSSR count). The van der Waals surface area contributed by atoms with Crippen LogP contribution in [0.2, 0.25) is 0 Å². The van der Waals surface area contributed by atoms with Gasteiger partial charge in [-0.1, -0.05) is 0 Å². The second-order valence-electron chi connectivity index (χ2n) is 5.65. The maximum absolute atomic E-state index is 12.1. The normalized spacial score (nSPS) is 20.2. The molecule has 0 spiro atoms. The number of rotatable bonds is 4. The number of nitrogen functional groups attached to an aromatic ring is 1. The van der Waals surface area contributed by atoms with E-state index in [0.717, 1.165) is 5.69 Å². The summed E-state index contributed by atoms with van der Waals surface area (Å²) in [6.07, 6.45) is 0.615. The molecule has 21 heavy (non-hydrogen) atoms. The molecule has 1 aliphatic rings. The van der Waals surface area contributed by atoms with Gasteiger partial charge in [-0.05, 0) is 30.5 Å². The second kappa shape index (κ2) is 5.93. The van der Waals surface area contributed by atoms with Crippen molar-refractivity contribution in [3.8, 4) is 0 Å². The van der Waals surface area contributed by atoms with E-state index >= 15 is 0 Å². The van der Waals surface area contributed by atoms with Gasteiger partial charge in [-0.25, -0.2) is 8.42 Å². The van der Waals surface area contributed by atoms with E-state index in [9.17, 15) is 13.2 Å². The van der Waals surface area contributed by atoms with Gasteiger partial charge in [0.2, 0.25) is 0 Å². The molecule has 0 radical (unpaired) electrons. The van der Waals surface area contributed by atoms with Crippen molar-refractivity contribution in [3.05, 3.63) is 23.8 Å². The summed E-state index contributed by atoms with van der Waals surface area (Å²) in [5.41, 5.74) is 7.79. The topological polar surface area (TPSA) is 92.5 Å². The fraction of sp³-hybridized carbons (Fsp3) is 0.500. The smallest absolute Gasteiger partial charge is 0.251 e. The summed E-state index contributed by atoms with van der Waals surface area (Å²) in [7, 11) is 0.855. The highest BCUT2D eigenvalue weighted by atomic mass is 32.2. The average Bonchev–Trinajstić information content (AvgIpc) is 2.75. The fourth-order valence-corrected chi connectivity index (χ4v) is 4.34. The van der Waals surface area contributed by atoms with Crippen molar-refractivity contribution in [2.75, 3.05) is 42.8 Å². The molecule has 1 amide bonds. The van der Waals surface area contributed by atoms with Crippen molar-refractivity contribution in [2.24, 2.45) is 5.92 Å². The maximum Gasteiger partial charge on any atom is 0.251 e. The minimum absolute atomic E-state index is 0.0114. The summed E-state index contributed by atoms with van der Waals surface area (Å²) < 4.78 is 22.7. The monoisotopic (exact) mass is 311 g/mol. The maximum atomic E-state index is 12.1. The Kier molecular flexibility index (Phi) is 4.41. The zero-order valence-electron chi connectivity index (χ0n) is 12.3. The Morgan fingerprint density at radius 2 is 2.14 bits per heavy atom. The quantitative estimate of drug-likeness (QED) is 0.790. The van der Waals surface area contributed by atoms with E-state index in [1.165, 1.54) is 0 Å². The number of carbonyl (C=O) groups excluding carboxylic acids is 1. The summed E-state index contributed by atoms with van der Waals surface area (Å²) in [6, 6.07) is 5.15. The van der Waals surface area contributed by atoms with Crippen LogP contribution in [0, 0.1) is 5.92 Å². The molecule has 0 saturated carbocycles. The number of nitrogens with two attached hydrogens (primary N) is 1.